The molecule has 172 valence electrons. The number of aryl methyl sites for hydroxylation is 2. The van der Waals surface area contributed by atoms with Crippen LogP contribution in [0.3, 0.4) is 0 Å². The molecular weight excluding hydrogens is 500 g/mol. The highest BCUT2D eigenvalue weighted by Crippen LogP contribution is 2.27. The van der Waals surface area contributed by atoms with Crippen molar-refractivity contribution in [2.45, 2.75) is 43.5 Å². The molecule has 1 aliphatic rings. The molecule has 4 rings (SSSR count). The maximum atomic E-state index is 13.4. The molecular formula is C26H27BrN2O3S. The van der Waals surface area contributed by atoms with Crippen LogP contribution in [-0.2, 0) is 27.7 Å². The second-order valence-electron chi connectivity index (χ2n) is 8.33. The lowest BCUT2D eigenvalue weighted by molar-refractivity contribution is -0.120. The van der Waals surface area contributed by atoms with Crippen molar-refractivity contribution in [1.82, 2.24) is 5.32 Å². The van der Waals surface area contributed by atoms with Crippen LogP contribution in [0.2, 0.25) is 0 Å². The van der Waals surface area contributed by atoms with E-state index in [0.717, 1.165) is 27.2 Å². The monoisotopic (exact) mass is 526 g/mol. The molecule has 1 amide bonds. The van der Waals surface area contributed by atoms with Gasteiger partial charge in [-0.05, 0) is 85.7 Å². The summed E-state index contributed by atoms with van der Waals surface area (Å²) in [6.07, 6.45) is 4.59. The maximum absolute atomic E-state index is 13.4. The molecule has 33 heavy (non-hydrogen) atoms. The summed E-state index contributed by atoms with van der Waals surface area (Å²) in [7, 11) is -3.92. The number of sulfonamides is 1. The van der Waals surface area contributed by atoms with Crippen molar-refractivity contribution in [2.75, 3.05) is 10.8 Å². The summed E-state index contributed by atoms with van der Waals surface area (Å²) in [5.41, 5.74) is 4.20. The van der Waals surface area contributed by atoms with Crippen molar-refractivity contribution in [3.8, 4) is 0 Å². The van der Waals surface area contributed by atoms with E-state index in [-0.39, 0.29) is 23.4 Å². The Labute approximate surface area is 204 Å². The summed E-state index contributed by atoms with van der Waals surface area (Å²) >= 11 is 3.38. The van der Waals surface area contributed by atoms with Crippen LogP contribution >= 0.6 is 15.9 Å². The standard InChI is InChI=1S/C26H27BrN2O3S/c1-19(21-12-11-20-7-5-6-8-22(20)17-21)28-26(30)18-29(24-15-13-23(27)14-16-24)33(31,32)25-9-3-2-4-10-25/h2-4,9-17,19H,5-8,18H2,1H3,(H,28,30)/t19-/m1/s1. The molecule has 0 fully saturated rings. The number of amides is 1. The number of hydrogen-bond acceptors (Lipinski definition) is 3. The van der Waals surface area contributed by atoms with Crippen LogP contribution in [0.25, 0.3) is 0 Å². The second-order valence-corrected chi connectivity index (χ2v) is 11.1. The van der Waals surface area contributed by atoms with Gasteiger partial charge in [-0.3, -0.25) is 9.10 Å². The number of halogens is 1. The first kappa shape index (κ1) is 23.5. The van der Waals surface area contributed by atoms with E-state index in [1.807, 2.05) is 6.92 Å². The van der Waals surface area contributed by atoms with Gasteiger partial charge in [0.25, 0.3) is 10.0 Å². The highest BCUT2D eigenvalue weighted by atomic mass is 79.9. The van der Waals surface area contributed by atoms with Gasteiger partial charge in [-0.15, -0.1) is 0 Å². The van der Waals surface area contributed by atoms with Gasteiger partial charge in [0.15, 0.2) is 0 Å². The highest BCUT2D eigenvalue weighted by molar-refractivity contribution is 9.10. The lowest BCUT2D eigenvalue weighted by Gasteiger charge is -2.25. The lowest BCUT2D eigenvalue weighted by Crippen LogP contribution is -2.41. The van der Waals surface area contributed by atoms with Crippen molar-refractivity contribution in [2.24, 2.45) is 0 Å². The summed E-state index contributed by atoms with van der Waals surface area (Å²) in [6, 6.07) is 21.2. The van der Waals surface area contributed by atoms with Gasteiger partial charge in [-0.25, -0.2) is 8.42 Å². The van der Waals surface area contributed by atoms with E-state index in [2.05, 4.69) is 39.4 Å². The van der Waals surface area contributed by atoms with Crippen molar-refractivity contribution in [3.05, 3.63) is 94.0 Å². The van der Waals surface area contributed by atoms with Gasteiger partial charge in [0, 0.05) is 4.47 Å². The number of anilines is 1. The largest absolute Gasteiger partial charge is 0.348 e. The van der Waals surface area contributed by atoms with E-state index in [9.17, 15) is 13.2 Å². The number of rotatable bonds is 7. The zero-order valence-corrected chi connectivity index (χ0v) is 20.9. The molecule has 0 aliphatic heterocycles. The van der Waals surface area contributed by atoms with Gasteiger partial charge in [0.1, 0.15) is 6.54 Å². The van der Waals surface area contributed by atoms with E-state index in [0.29, 0.717) is 5.69 Å². The maximum Gasteiger partial charge on any atom is 0.264 e. The number of hydrogen-bond donors (Lipinski definition) is 1. The average Bonchev–Trinajstić information content (AvgIpc) is 2.83. The molecule has 0 bridgehead atoms. The number of nitrogens with zero attached hydrogens (tertiary/aromatic N) is 1. The molecule has 3 aromatic rings. The number of nitrogens with one attached hydrogen (secondary N) is 1. The van der Waals surface area contributed by atoms with Crippen LogP contribution in [0.4, 0.5) is 5.69 Å². The Morgan fingerprint density at radius 3 is 2.33 bits per heavy atom. The Kier molecular flexibility index (Phi) is 7.20. The van der Waals surface area contributed by atoms with Crippen LogP contribution in [0.15, 0.2) is 82.2 Å². The van der Waals surface area contributed by atoms with Crippen molar-refractivity contribution < 1.29 is 13.2 Å². The molecule has 1 atom stereocenters. The van der Waals surface area contributed by atoms with Crippen LogP contribution in [0.1, 0.15) is 42.5 Å². The average molecular weight is 527 g/mol. The topological polar surface area (TPSA) is 66.5 Å². The minimum atomic E-state index is -3.92. The van der Waals surface area contributed by atoms with Crippen LogP contribution in [0.5, 0.6) is 0 Å². The number of carbonyl (C=O) groups is 1. The Morgan fingerprint density at radius 1 is 0.970 bits per heavy atom. The normalized spacial score (nSPS) is 14.2. The molecule has 0 aromatic heterocycles. The number of carbonyl (C=O) groups excluding carboxylic acids is 1. The summed E-state index contributed by atoms with van der Waals surface area (Å²) in [5, 5.41) is 2.98. The quantitative estimate of drug-likeness (QED) is 0.448. The molecule has 0 spiro atoms. The van der Waals surface area contributed by atoms with Gasteiger partial charge in [-0.2, -0.15) is 0 Å². The second kappa shape index (κ2) is 10.1. The SMILES string of the molecule is C[C@@H](NC(=O)CN(c1ccc(Br)cc1)S(=O)(=O)c1ccccc1)c1ccc2c(c1)CCCC2. The summed E-state index contributed by atoms with van der Waals surface area (Å²) in [4.78, 5) is 13.2. The number of fused-ring (bicyclic) bond motifs is 1. The van der Waals surface area contributed by atoms with E-state index in [1.54, 1.807) is 42.5 Å². The van der Waals surface area contributed by atoms with E-state index >= 15 is 0 Å². The predicted octanol–water partition coefficient (Wildman–Crippen LogP) is 5.40. The van der Waals surface area contributed by atoms with Crippen LogP contribution in [0, 0.1) is 0 Å². The third-order valence-corrected chi connectivity index (χ3v) is 8.30. The summed E-state index contributed by atoms with van der Waals surface area (Å²) in [5.74, 6) is -0.359. The fraction of sp³-hybridized carbons (Fsp3) is 0.269. The van der Waals surface area contributed by atoms with E-state index < -0.39 is 10.0 Å². The number of benzene rings is 3. The molecule has 1 N–H and O–H groups in total. The van der Waals surface area contributed by atoms with Crippen LogP contribution < -0.4 is 9.62 Å². The molecule has 1 aliphatic carbocycles. The Hall–Kier alpha value is -2.64. The smallest absolute Gasteiger partial charge is 0.264 e. The van der Waals surface area contributed by atoms with Gasteiger partial charge < -0.3 is 5.32 Å². The van der Waals surface area contributed by atoms with Gasteiger partial charge in [0.05, 0.1) is 16.6 Å². The van der Waals surface area contributed by atoms with E-state index in [1.165, 1.54) is 36.1 Å². The molecule has 0 heterocycles. The molecule has 3 aromatic carbocycles. The first-order valence-electron chi connectivity index (χ1n) is 11.1. The Morgan fingerprint density at radius 2 is 1.64 bits per heavy atom. The van der Waals surface area contributed by atoms with E-state index in [4.69, 9.17) is 0 Å². The fourth-order valence-electron chi connectivity index (χ4n) is 4.17. The minimum absolute atomic E-state index is 0.142. The zero-order chi connectivity index (χ0) is 23.4. The first-order valence-corrected chi connectivity index (χ1v) is 13.3. The third kappa shape index (κ3) is 5.47. The molecule has 5 nitrogen and oxygen atoms in total. The van der Waals surface area contributed by atoms with Gasteiger partial charge in [-0.1, -0.05) is 52.3 Å². The fourth-order valence-corrected chi connectivity index (χ4v) is 5.87. The van der Waals surface area contributed by atoms with Crippen molar-refractivity contribution in [3.63, 3.8) is 0 Å². The molecule has 0 saturated heterocycles. The zero-order valence-electron chi connectivity index (χ0n) is 18.5. The molecule has 7 heteroatoms. The lowest BCUT2D eigenvalue weighted by atomic mass is 9.89. The summed E-state index contributed by atoms with van der Waals surface area (Å²) < 4.78 is 28.8. The Bertz CT molecular complexity index is 1230. The third-order valence-electron chi connectivity index (χ3n) is 5.98. The molecule has 0 unspecified atom stereocenters. The van der Waals surface area contributed by atoms with Gasteiger partial charge >= 0.3 is 0 Å². The van der Waals surface area contributed by atoms with Crippen molar-refractivity contribution in [1.29, 1.82) is 0 Å². The molecule has 0 radical (unpaired) electrons. The minimum Gasteiger partial charge on any atom is -0.348 e. The Balaban J connectivity index is 1.56. The molecule has 0 saturated carbocycles. The highest BCUT2D eigenvalue weighted by Gasteiger charge is 2.27. The predicted molar refractivity (Wildman–Crippen MR) is 135 cm³/mol. The first-order chi connectivity index (χ1) is 15.8. The van der Waals surface area contributed by atoms with Crippen LogP contribution in [-0.4, -0.2) is 20.9 Å². The van der Waals surface area contributed by atoms with Crippen molar-refractivity contribution >= 4 is 37.5 Å². The van der Waals surface area contributed by atoms with Gasteiger partial charge in [0.2, 0.25) is 5.91 Å². The summed E-state index contributed by atoms with van der Waals surface area (Å²) in [6.45, 7) is 1.62.